The molecule has 2 aliphatic rings. The lowest BCUT2D eigenvalue weighted by atomic mass is 9.70. The molecule has 0 saturated carbocycles. The minimum atomic E-state index is -4.62. The summed E-state index contributed by atoms with van der Waals surface area (Å²) >= 11 is 0. The van der Waals surface area contributed by atoms with Gasteiger partial charge >= 0.3 is 12.1 Å². The van der Waals surface area contributed by atoms with E-state index in [9.17, 15) is 22.8 Å². The number of nitrogens with zero attached hydrogens (tertiary/aromatic N) is 1. The Morgan fingerprint density at radius 1 is 1.20 bits per heavy atom. The molecule has 5 nitrogen and oxygen atoms in total. The molecular formula is C22H24F3NO4. The van der Waals surface area contributed by atoms with Crippen LogP contribution in [0.2, 0.25) is 0 Å². The predicted molar refractivity (Wildman–Crippen MR) is 104 cm³/mol. The molecule has 0 radical (unpaired) electrons. The van der Waals surface area contributed by atoms with E-state index in [-0.39, 0.29) is 36.6 Å². The molecular weight excluding hydrogens is 399 g/mol. The highest BCUT2D eigenvalue weighted by molar-refractivity contribution is 6.08. The summed E-state index contributed by atoms with van der Waals surface area (Å²) in [5, 5.41) is 0. The third-order valence-electron chi connectivity index (χ3n) is 5.37. The molecule has 2 atom stereocenters. The molecule has 0 fully saturated rings. The van der Waals surface area contributed by atoms with E-state index in [2.05, 4.69) is 4.99 Å². The van der Waals surface area contributed by atoms with Crippen molar-refractivity contribution >= 4 is 17.5 Å². The Labute approximate surface area is 173 Å². The van der Waals surface area contributed by atoms with Crippen molar-refractivity contribution in [3.63, 3.8) is 0 Å². The van der Waals surface area contributed by atoms with Crippen LogP contribution in [0.15, 0.2) is 40.5 Å². The second kappa shape index (κ2) is 9.12. The van der Waals surface area contributed by atoms with Gasteiger partial charge in [-0.1, -0.05) is 18.2 Å². The summed E-state index contributed by atoms with van der Waals surface area (Å²) in [5.74, 6) is -3.15. The van der Waals surface area contributed by atoms with Crippen molar-refractivity contribution in [2.24, 2.45) is 10.9 Å². The van der Waals surface area contributed by atoms with E-state index in [1.165, 1.54) is 18.2 Å². The highest BCUT2D eigenvalue weighted by atomic mass is 19.4. The molecule has 1 unspecified atom stereocenters. The number of esters is 1. The van der Waals surface area contributed by atoms with Crippen LogP contribution in [-0.2, 0) is 25.2 Å². The highest BCUT2D eigenvalue weighted by Gasteiger charge is 2.46. The SMILES string of the molecule is CCOCCOC(=O)C1C(C)=NC2=C(C(=O)CCC2)[C@@H]1c1ccccc1C(F)(F)F. The van der Waals surface area contributed by atoms with Crippen LogP contribution < -0.4 is 0 Å². The number of Topliss-reactive ketones (excluding diaryl/α,β-unsaturated/α-hetero) is 1. The van der Waals surface area contributed by atoms with Gasteiger partial charge in [-0.05, 0) is 38.3 Å². The molecule has 0 saturated heterocycles. The summed E-state index contributed by atoms with van der Waals surface area (Å²) in [7, 11) is 0. The average molecular weight is 423 g/mol. The van der Waals surface area contributed by atoms with Gasteiger partial charge in [-0.15, -0.1) is 0 Å². The fraction of sp³-hybridized carbons (Fsp3) is 0.500. The normalized spacial score (nSPS) is 21.9. The smallest absolute Gasteiger partial charge is 0.416 e. The molecule has 1 aliphatic heterocycles. The molecule has 1 aromatic carbocycles. The van der Waals surface area contributed by atoms with Gasteiger partial charge in [0.2, 0.25) is 0 Å². The summed E-state index contributed by atoms with van der Waals surface area (Å²) < 4.78 is 51.8. The molecule has 162 valence electrons. The summed E-state index contributed by atoms with van der Waals surface area (Å²) in [6.45, 7) is 4.01. The largest absolute Gasteiger partial charge is 0.463 e. The number of aliphatic imine (C=N–C) groups is 1. The van der Waals surface area contributed by atoms with Crippen molar-refractivity contribution in [2.75, 3.05) is 19.8 Å². The van der Waals surface area contributed by atoms with E-state index >= 15 is 0 Å². The van der Waals surface area contributed by atoms with Crippen LogP contribution in [0.25, 0.3) is 0 Å². The Kier molecular flexibility index (Phi) is 6.75. The predicted octanol–water partition coefficient (Wildman–Crippen LogP) is 4.47. The lowest BCUT2D eigenvalue weighted by molar-refractivity contribution is -0.149. The van der Waals surface area contributed by atoms with Gasteiger partial charge in [0.1, 0.15) is 12.5 Å². The maximum atomic E-state index is 13.8. The Morgan fingerprint density at radius 2 is 1.93 bits per heavy atom. The van der Waals surface area contributed by atoms with Crippen LogP contribution >= 0.6 is 0 Å². The zero-order chi connectivity index (χ0) is 21.9. The average Bonchev–Trinajstić information content (AvgIpc) is 2.69. The number of alkyl halides is 3. The van der Waals surface area contributed by atoms with Gasteiger partial charge in [0.25, 0.3) is 0 Å². The highest BCUT2D eigenvalue weighted by Crippen LogP contribution is 2.47. The van der Waals surface area contributed by atoms with Crippen LogP contribution in [0.3, 0.4) is 0 Å². The maximum absolute atomic E-state index is 13.8. The molecule has 0 aromatic heterocycles. The number of allylic oxidation sites excluding steroid dienone is 2. The van der Waals surface area contributed by atoms with E-state index < -0.39 is 29.5 Å². The van der Waals surface area contributed by atoms with Gasteiger partial charge in [0.05, 0.1) is 12.2 Å². The number of ether oxygens (including phenoxy) is 2. The Balaban J connectivity index is 2.09. The lowest BCUT2D eigenvalue weighted by Crippen LogP contribution is -2.38. The first-order valence-electron chi connectivity index (χ1n) is 9.97. The molecule has 1 heterocycles. The van der Waals surface area contributed by atoms with Gasteiger partial charge in [-0.25, -0.2) is 0 Å². The number of carbonyl (C=O) groups excluding carboxylic acids is 2. The quantitative estimate of drug-likeness (QED) is 0.500. The van der Waals surface area contributed by atoms with Crippen molar-refractivity contribution in [2.45, 2.75) is 45.2 Å². The fourth-order valence-electron chi connectivity index (χ4n) is 4.11. The Bertz CT molecular complexity index is 889. The number of rotatable bonds is 6. The fourth-order valence-corrected chi connectivity index (χ4v) is 4.11. The minimum absolute atomic E-state index is 0.0239. The molecule has 1 aromatic rings. The first-order chi connectivity index (χ1) is 14.3. The zero-order valence-electron chi connectivity index (χ0n) is 16.9. The number of hydrogen-bond acceptors (Lipinski definition) is 5. The second-order valence-corrected chi connectivity index (χ2v) is 7.30. The van der Waals surface area contributed by atoms with Crippen molar-refractivity contribution in [1.29, 1.82) is 0 Å². The van der Waals surface area contributed by atoms with E-state index in [0.717, 1.165) is 6.07 Å². The zero-order valence-corrected chi connectivity index (χ0v) is 16.9. The number of hydrogen-bond donors (Lipinski definition) is 0. The molecule has 0 spiro atoms. The minimum Gasteiger partial charge on any atom is -0.463 e. The Hall–Kier alpha value is -2.48. The first-order valence-corrected chi connectivity index (χ1v) is 9.97. The maximum Gasteiger partial charge on any atom is 0.416 e. The number of benzene rings is 1. The molecule has 30 heavy (non-hydrogen) atoms. The molecule has 0 bridgehead atoms. The van der Waals surface area contributed by atoms with Crippen LogP contribution in [0.4, 0.5) is 13.2 Å². The van der Waals surface area contributed by atoms with Crippen LogP contribution in [0.5, 0.6) is 0 Å². The molecule has 0 amide bonds. The first kappa shape index (κ1) is 22.2. The van der Waals surface area contributed by atoms with Crippen LogP contribution in [0, 0.1) is 5.92 Å². The topological polar surface area (TPSA) is 65.0 Å². The van der Waals surface area contributed by atoms with E-state index in [1.807, 2.05) is 0 Å². The van der Waals surface area contributed by atoms with Crippen molar-refractivity contribution in [1.82, 2.24) is 0 Å². The van der Waals surface area contributed by atoms with Gasteiger partial charge < -0.3 is 9.47 Å². The van der Waals surface area contributed by atoms with Crippen LogP contribution in [-0.4, -0.2) is 37.3 Å². The summed E-state index contributed by atoms with van der Waals surface area (Å²) in [5.41, 5.74) is 0.0713. The molecule has 0 N–H and O–H groups in total. The molecule has 1 aliphatic carbocycles. The monoisotopic (exact) mass is 423 g/mol. The van der Waals surface area contributed by atoms with Gasteiger partial charge in [-0.2, -0.15) is 13.2 Å². The number of halogens is 3. The van der Waals surface area contributed by atoms with Gasteiger partial charge in [0, 0.05) is 35.9 Å². The van der Waals surface area contributed by atoms with Gasteiger partial charge in [-0.3, -0.25) is 14.6 Å². The summed E-state index contributed by atoms with van der Waals surface area (Å²) in [6, 6.07) is 5.08. The Morgan fingerprint density at radius 3 is 2.63 bits per heavy atom. The molecule has 8 heteroatoms. The molecule has 3 rings (SSSR count). The summed E-state index contributed by atoms with van der Waals surface area (Å²) in [6.07, 6.45) is -3.31. The van der Waals surface area contributed by atoms with Gasteiger partial charge in [0.15, 0.2) is 5.78 Å². The second-order valence-electron chi connectivity index (χ2n) is 7.30. The third-order valence-corrected chi connectivity index (χ3v) is 5.37. The number of ketones is 1. The van der Waals surface area contributed by atoms with Crippen molar-refractivity contribution in [3.8, 4) is 0 Å². The van der Waals surface area contributed by atoms with E-state index in [1.54, 1.807) is 13.8 Å². The van der Waals surface area contributed by atoms with Crippen molar-refractivity contribution < 1.29 is 32.2 Å². The van der Waals surface area contributed by atoms with E-state index in [0.29, 0.717) is 30.9 Å². The van der Waals surface area contributed by atoms with Crippen LogP contribution in [0.1, 0.15) is 50.2 Å². The standard InChI is InChI=1S/C22H24F3NO4/c1-3-29-11-12-30-21(28)18-13(2)26-16-9-6-10-17(27)20(16)19(18)14-7-4-5-8-15(14)22(23,24)25/h4-5,7-8,18-19H,3,6,9-12H2,1-2H3/t18?,19-/m1/s1. The van der Waals surface area contributed by atoms with E-state index in [4.69, 9.17) is 9.47 Å². The lowest BCUT2D eigenvalue weighted by Gasteiger charge is -2.35. The number of carbonyl (C=O) groups is 2. The summed E-state index contributed by atoms with van der Waals surface area (Å²) in [4.78, 5) is 30.1. The third kappa shape index (κ3) is 4.48. The van der Waals surface area contributed by atoms with Crippen molar-refractivity contribution in [3.05, 3.63) is 46.7 Å².